The summed E-state index contributed by atoms with van der Waals surface area (Å²) < 4.78 is 1.02. The van der Waals surface area contributed by atoms with E-state index in [-0.39, 0.29) is 0 Å². The molecule has 1 aromatic heterocycles. The van der Waals surface area contributed by atoms with Crippen LogP contribution in [0.4, 0.5) is 5.82 Å². The molecule has 1 aliphatic rings. The Morgan fingerprint density at radius 3 is 2.71 bits per heavy atom. The van der Waals surface area contributed by atoms with E-state index in [9.17, 15) is 5.26 Å². The summed E-state index contributed by atoms with van der Waals surface area (Å²) in [7, 11) is 2.18. The number of nitrogens with two attached hydrogens (primary N) is 1. The average molecular weight is 345 g/mol. The lowest BCUT2D eigenvalue weighted by Gasteiger charge is -2.23. The first kappa shape index (κ1) is 14.1. The molecule has 4 N–H and O–H groups in total. The molecule has 0 radical (unpaired) electrons. The number of likely N-dealkylation sites (N-methyl/N-ethyl adjacent to an activating group) is 1. The summed E-state index contributed by atoms with van der Waals surface area (Å²) in [5, 5.41) is 9.52. The third kappa shape index (κ3) is 2.53. The van der Waals surface area contributed by atoms with E-state index in [0.29, 0.717) is 11.4 Å². The first-order valence-electron chi connectivity index (χ1n) is 6.94. The number of quaternary nitrogens is 1. The predicted octanol–water partition coefficient (Wildman–Crippen LogP) is 0.955. The van der Waals surface area contributed by atoms with Crippen molar-refractivity contribution in [3.8, 4) is 17.2 Å². The maximum absolute atomic E-state index is 9.52. The number of nitriles is 1. The van der Waals surface area contributed by atoms with Gasteiger partial charge in [0.15, 0.2) is 0 Å². The van der Waals surface area contributed by atoms with E-state index in [1.54, 1.807) is 0 Å². The molecule has 0 spiro atoms. The van der Waals surface area contributed by atoms with Crippen molar-refractivity contribution in [1.29, 1.82) is 5.26 Å². The molecule has 0 aliphatic carbocycles. The lowest BCUT2D eigenvalue weighted by molar-refractivity contribution is -0.896. The number of fused-ring (bicyclic) bond motifs is 1. The Morgan fingerprint density at radius 1 is 1.33 bits per heavy atom. The molecule has 2 aromatic rings. The molecule has 1 atom stereocenters. The third-order valence-electron chi connectivity index (χ3n) is 4.00. The van der Waals surface area contributed by atoms with Crippen LogP contribution in [0, 0.1) is 11.3 Å². The quantitative estimate of drug-likeness (QED) is 0.808. The Hall–Kier alpha value is -1.90. The molecule has 0 fully saturated rings. The van der Waals surface area contributed by atoms with Crippen LogP contribution in [0.2, 0.25) is 0 Å². The molecule has 0 saturated heterocycles. The number of hydrogen-bond donors (Lipinski definition) is 2. The smallest absolute Gasteiger partial charge is 0.289 e. The number of nitrogens with zero attached hydrogens (tertiary/aromatic N) is 1. The van der Waals surface area contributed by atoms with Gasteiger partial charge in [0.05, 0.1) is 25.6 Å². The molecule has 1 aromatic carbocycles. The Labute approximate surface area is 132 Å². The molecular formula is C16H17BrN4+2. The average Bonchev–Trinajstić information content (AvgIpc) is 2.47. The van der Waals surface area contributed by atoms with Gasteiger partial charge in [-0.15, -0.1) is 0 Å². The predicted molar refractivity (Wildman–Crippen MR) is 84.4 cm³/mol. The van der Waals surface area contributed by atoms with Crippen LogP contribution in [0.3, 0.4) is 0 Å². The summed E-state index contributed by atoms with van der Waals surface area (Å²) >= 11 is 3.45. The van der Waals surface area contributed by atoms with Gasteiger partial charge in [0.2, 0.25) is 0 Å². The Balaban J connectivity index is 2.28. The lowest BCUT2D eigenvalue weighted by Crippen LogP contribution is -3.08. The second-order valence-electron chi connectivity index (χ2n) is 5.50. The lowest BCUT2D eigenvalue weighted by atomic mass is 9.91. The number of H-pyrrole nitrogens is 1. The van der Waals surface area contributed by atoms with Crippen molar-refractivity contribution in [2.75, 3.05) is 19.3 Å². The molecule has 5 heteroatoms. The van der Waals surface area contributed by atoms with Crippen molar-refractivity contribution in [3.63, 3.8) is 0 Å². The number of benzene rings is 1. The highest BCUT2D eigenvalue weighted by molar-refractivity contribution is 9.10. The number of aromatic amines is 1. The maximum Gasteiger partial charge on any atom is 0.289 e. The number of anilines is 1. The maximum atomic E-state index is 9.52. The van der Waals surface area contributed by atoms with Crippen molar-refractivity contribution in [1.82, 2.24) is 0 Å². The number of halogens is 1. The number of nitrogen functional groups attached to an aromatic ring is 1. The zero-order valence-electron chi connectivity index (χ0n) is 11.8. The normalized spacial score (nSPS) is 17.1. The van der Waals surface area contributed by atoms with Crippen molar-refractivity contribution < 1.29 is 9.88 Å². The standard InChI is InChI=1S/C16H15BrN4/c1-21-7-6-14-13(9-21)15(12(8-18)16(19)20-14)10-2-4-11(17)5-3-10/h2-5H,6-7,9H2,1H3,(H2,19,20)/p+2. The monoisotopic (exact) mass is 344 g/mol. The topological polar surface area (TPSA) is 68.4 Å². The molecule has 106 valence electrons. The van der Waals surface area contributed by atoms with Gasteiger partial charge in [-0.25, -0.2) is 4.98 Å². The molecule has 4 nitrogen and oxygen atoms in total. The summed E-state index contributed by atoms with van der Waals surface area (Å²) in [6.45, 7) is 1.99. The van der Waals surface area contributed by atoms with Gasteiger partial charge in [-0.1, -0.05) is 28.1 Å². The van der Waals surface area contributed by atoms with Gasteiger partial charge in [-0.3, -0.25) is 5.73 Å². The molecule has 0 saturated carbocycles. The molecule has 0 bridgehead atoms. The van der Waals surface area contributed by atoms with Crippen molar-refractivity contribution in [3.05, 3.63) is 45.6 Å². The summed E-state index contributed by atoms with van der Waals surface area (Å²) in [4.78, 5) is 4.67. The van der Waals surface area contributed by atoms with E-state index in [2.05, 4.69) is 34.0 Å². The van der Waals surface area contributed by atoms with Crippen LogP contribution < -0.4 is 15.6 Å². The molecule has 1 unspecified atom stereocenters. The first-order chi connectivity index (χ1) is 10.1. The number of aromatic nitrogens is 1. The molecule has 3 rings (SSSR count). The Morgan fingerprint density at radius 2 is 2.05 bits per heavy atom. The minimum Gasteiger partial charge on any atom is -0.333 e. The van der Waals surface area contributed by atoms with Crippen molar-refractivity contribution in [2.45, 2.75) is 13.0 Å². The summed E-state index contributed by atoms with van der Waals surface area (Å²) in [5.74, 6) is 0.466. The van der Waals surface area contributed by atoms with E-state index < -0.39 is 0 Å². The largest absolute Gasteiger partial charge is 0.333 e. The summed E-state index contributed by atoms with van der Waals surface area (Å²) in [6, 6.07) is 10.3. The van der Waals surface area contributed by atoms with Crippen LogP contribution in [0.25, 0.3) is 11.1 Å². The van der Waals surface area contributed by atoms with E-state index in [4.69, 9.17) is 5.73 Å². The fraction of sp³-hybridized carbons (Fsp3) is 0.250. The number of nitrogens with one attached hydrogen (secondary N) is 2. The SMILES string of the molecule is C[NH+]1CCc2[nH+]c(N)c(C#N)c(-c3ccc(Br)cc3)c2C1. The van der Waals surface area contributed by atoms with Crippen LogP contribution >= 0.6 is 15.9 Å². The zero-order valence-corrected chi connectivity index (χ0v) is 13.4. The fourth-order valence-corrected chi connectivity index (χ4v) is 3.19. The van der Waals surface area contributed by atoms with Gasteiger partial charge in [0.25, 0.3) is 5.82 Å². The third-order valence-corrected chi connectivity index (χ3v) is 4.52. The van der Waals surface area contributed by atoms with Crippen molar-refractivity contribution in [2.24, 2.45) is 0 Å². The van der Waals surface area contributed by atoms with Crippen LogP contribution in [0.5, 0.6) is 0 Å². The van der Waals surface area contributed by atoms with Gasteiger partial charge in [-0.05, 0) is 17.7 Å². The zero-order chi connectivity index (χ0) is 15.0. The van der Waals surface area contributed by atoms with Crippen LogP contribution in [0.1, 0.15) is 16.8 Å². The van der Waals surface area contributed by atoms with E-state index in [1.807, 2.05) is 24.3 Å². The van der Waals surface area contributed by atoms with Gasteiger partial charge >= 0.3 is 0 Å². The van der Waals surface area contributed by atoms with Gasteiger partial charge in [0.1, 0.15) is 23.9 Å². The summed E-state index contributed by atoms with van der Waals surface area (Å²) in [5.41, 5.74) is 11.0. The minimum absolute atomic E-state index is 0.466. The Kier molecular flexibility index (Phi) is 3.66. The number of pyridine rings is 1. The second kappa shape index (κ2) is 5.47. The number of rotatable bonds is 1. The molecule has 21 heavy (non-hydrogen) atoms. The highest BCUT2D eigenvalue weighted by Gasteiger charge is 2.28. The molecule has 0 amide bonds. The van der Waals surface area contributed by atoms with Crippen LogP contribution in [-0.4, -0.2) is 13.6 Å². The van der Waals surface area contributed by atoms with Gasteiger partial charge < -0.3 is 4.90 Å². The van der Waals surface area contributed by atoms with Gasteiger partial charge in [-0.2, -0.15) is 5.26 Å². The molecule has 1 aliphatic heterocycles. The van der Waals surface area contributed by atoms with Crippen LogP contribution in [-0.2, 0) is 13.0 Å². The van der Waals surface area contributed by atoms with Crippen molar-refractivity contribution >= 4 is 21.7 Å². The first-order valence-corrected chi connectivity index (χ1v) is 7.73. The highest BCUT2D eigenvalue weighted by atomic mass is 79.9. The van der Waals surface area contributed by atoms with Gasteiger partial charge in [0, 0.05) is 10.0 Å². The van der Waals surface area contributed by atoms with E-state index in [0.717, 1.165) is 40.8 Å². The highest BCUT2D eigenvalue weighted by Crippen LogP contribution is 2.31. The van der Waals surface area contributed by atoms with E-state index >= 15 is 0 Å². The van der Waals surface area contributed by atoms with Crippen LogP contribution in [0.15, 0.2) is 28.7 Å². The fourth-order valence-electron chi connectivity index (χ4n) is 2.93. The minimum atomic E-state index is 0.466. The van der Waals surface area contributed by atoms with E-state index in [1.165, 1.54) is 10.5 Å². The molecular weight excluding hydrogens is 328 g/mol. The summed E-state index contributed by atoms with van der Waals surface area (Å²) in [6.07, 6.45) is 0.959. The second-order valence-corrected chi connectivity index (χ2v) is 6.41. The Bertz CT molecular complexity index is 731. The number of hydrogen-bond acceptors (Lipinski definition) is 2. The molecule has 2 heterocycles.